The van der Waals surface area contributed by atoms with E-state index in [1.807, 2.05) is 31.2 Å². The van der Waals surface area contributed by atoms with Crippen molar-refractivity contribution < 1.29 is 13.2 Å². The molecule has 5 heteroatoms. The number of rotatable bonds is 4. The van der Waals surface area contributed by atoms with Crippen LogP contribution in [0.25, 0.3) is 0 Å². The molecule has 1 aromatic rings. The van der Waals surface area contributed by atoms with E-state index in [0.717, 1.165) is 31.2 Å². The number of sulfonamides is 1. The summed E-state index contributed by atoms with van der Waals surface area (Å²) in [6.07, 6.45) is 3.15. The SMILES string of the molecule is Cc1ccc([C@@H]2OCCC[C@@H]2NS(=O)(=O)C2CC2)cc1. The average Bonchev–Trinajstić information content (AvgIpc) is 3.25. The third kappa shape index (κ3) is 3.05. The molecule has 110 valence electrons. The lowest BCUT2D eigenvalue weighted by Gasteiger charge is -2.32. The van der Waals surface area contributed by atoms with Crippen LogP contribution in [0, 0.1) is 6.92 Å². The molecule has 3 rings (SSSR count). The van der Waals surface area contributed by atoms with Gasteiger partial charge in [0.15, 0.2) is 0 Å². The van der Waals surface area contributed by atoms with Crippen molar-refractivity contribution >= 4 is 10.0 Å². The van der Waals surface area contributed by atoms with E-state index in [4.69, 9.17) is 4.74 Å². The number of aryl methyl sites for hydroxylation is 1. The van der Waals surface area contributed by atoms with Crippen LogP contribution < -0.4 is 4.72 Å². The van der Waals surface area contributed by atoms with Crippen molar-refractivity contribution in [1.29, 1.82) is 0 Å². The molecule has 2 fully saturated rings. The first-order chi connectivity index (χ1) is 9.56. The van der Waals surface area contributed by atoms with E-state index >= 15 is 0 Å². The molecule has 0 aromatic heterocycles. The van der Waals surface area contributed by atoms with Crippen LogP contribution in [0.4, 0.5) is 0 Å². The van der Waals surface area contributed by atoms with Gasteiger partial charge in [-0.2, -0.15) is 0 Å². The number of benzene rings is 1. The second-order valence-corrected chi connectivity index (χ2v) is 7.81. The van der Waals surface area contributed by atoms with Crippen molar-refractivity contribution in [2.45, 2.75) is 50.0 Å². The van der Waals surface area contributed by atoms with Crippen LogP contribution in [0.15, 0.2) is 24.3 Å². The van der Waals surface area contributed by atoms with Crippen LogP contribution in [0.3, 0.4) is 0 Å². The molecule has 1 heterocycles. The normalized spacial score (nSPS) is 27.4. The van der Waals surface area contributed by atoms with Gasteiger partial charge in [-0.3, -0.25) is 0 Å². The molecule has 0 spiro atoms. The molecule has 0 unspecified atom stereocenters. The average molecular weight is 295 g/mol. The smallest absolute Gasteiger partial charge is 0.214 e. The summed E-state index contributed by atoms with van der Waals surface area (Å²) in [7, 11) is -3.17. The van der Waals surface area contributed by atoms with Crippen molar-refractivity contribution in [3.8, 4) is 0 Å². The summed E-state index contributed by atoms with van der Waals surface area (Å²) in [6.45, 7) is 2.74. The molecular formula is C15H21NO3S. The highest BCUT2D eigenvalue weighted by molar-refractivity contribution is 7.90. The highest BCUT2D eigenvalue weighted by Gasteiger charge is 2.39. The largest absolute Gasteiger partial charge is 0.372 e. The van der Waals surface area contributed by atoms with Gasteiger partial charge in [-0.05, 0) is 38.2 Å². The first-order valence-electron chi connectivity index (χ1n) is 7.25. The molecule has 0 radical (unpaired) electrons. The summed E-state index contributed by atoms with van der Waals surface area (Å²) in [4.78, 5) is 0. The van der Waals surface area contributed by atoms with Crippen molar-refractivity contribution in [3.05, 3.63) is 35.4 Å². The van der Waals surface area contributed by atoms with Crippen LogP contribution >= 0.6 is 0 Å². The fourth-order valence-electron chi connectivity index (χ4n) is 2.67. The standard InChI is InChI=1S/C15H21NO3S/c1-11-4-6-12(7-5-11)15-14(3-2-10-19-15)16-20(17,18)13-8-9-13/h4-7,13-16H,2-3,8-10H2,1H3/t14-,15-/m0/s1. The van der Waals surface area contributed by atoms with Crippen LogP contribution in [-0.2, 0) is 14.8 Å². The lowest BCUT2D eigenvalue weighted by Crippen LogP contribution is -2.43. The Morgan fingerprint density at radius 3 is 2.50 bits per heavy atom. The second kappa shape index (κ2) is 5.47. The van der Waals surface area contributed by atoms with E-state index < -0.39 is 10.0 Å². The Kier molecular flexibility index (Phi) is 3.84. The van der Waals surface area contributed by atoms with Gasteiger partial charge in [0.05, 0.1) is 17.4 Å². The molecule has 1 aliphatic heterocycles. The highest BCUT2D eigenvalue weighted by Crippen LogP contribution is 2.32. The number of hydrogen-bond donors (Lipinski definition) is 1. The molecule has 0 bridgehead atoms. The molecule has 1 saturated heterocycles. The number of nitrogens with one attached hydrogen (secondary N) is 1. The third-order valence-corrected chi connectivity index (χ3v) is 5.99. The van der Waals surface area contributed by atoms with E-state index in [-0.39, 0.29) is 17.4 Å². The van der Waals surface area contributed by atoms with Crippen molar-refractivity contribution in [3.63, 3.8) is 0 Å². The second-order valence-electron chi connectivity index (χ2n) is 5.81. The first-order valence-corrected chi connectivity index (χ1v) is 8.80. The topological polar surface area (TPSA) is 55.4 Å². The molecule has 20 heavy (non-hydrogen) atoms. The van der Waals surface area contributed by atoms with Crippen LogP contribution in [0.1, 0.15) is 42.9 Å². The summed E-state index contributed by atoms with van der Waals surface area (Å²) >= 11 is 0. The maximum absolute atomic E-state index is 12.1. The Bertz CT molecular complexity index is 563. The summed E-state index contributed by atoms with van der Waals surface area (Å²) < 4.78 is 33.0. The minimum atomic E-state index is -3.17. The van der Waals surface area contributed by atoms with Gasteiger partial charge in [0, 0.05) is 6.61 Å². The predicted molar refractivity (Wildman–Crippen MR) is 78.0 cm³/mol. The van der Waals surface area contributed by atoms with E-state index in [0.29, 0.717) is 6.61 Å². The lowest BCUT2D eigenvalue weighted by atomic mass is 9.96. The van der Waals surface area contributed by atoms with Crippen LogP contribution in [0.5, 0.6) is 0 Å². The maximum Gasteiger partial charge on any atom is 0.214 e. The quantitative estimate of drug-likeness (QED) is 0.927. The third-order valence-electron chi connectivity index (χ3n) is 4.01. The highest BCUT2D eigenvalue weighted by atomic mass is 32.2. The molecule has 1 N–H and O–H groups in total. The van der Waals surface area contributed by atoms with Gasteiger partial charge in [-0.15, -0.1) is 0 Å². The maximum atomic E-state index is 12.1. The zero-order valence-electron chi connectivity index (χ0n) is 11.7. The van der Waals surface area contributed by atoms with Gasteiger partial charge in [-0.25, -0.2) is 13.1 Å². The molecule has 1 aromatic carbocycles. The Morgan fingerprint density at radius 1 is 1.15 bits per heavy atom. The predicted octanol–water partition coefficient (Wildman–Crippen LogP) is 2.30. The monoisotopic (exact) mass is 295 g/mol. The van der Waals surface area contributed by atoms with Gasteiger partial charge in [0.25, 0.3) is 0 Å². The van der Waals surface area contributed by atoms with Gasteiger partial charge in [0.1, 0.15) is 0 Å². The molecular weight excluding hydrogens is 274 g/mol. The molecule has 1 saturated carbocycles. The zero-order chi connectivity index (χ0) is 14.2. The Morgan fingerprint density at radius 2 is 1.85 bits per heavy atom. The Hall–Kier alpha value is -0.910. The number of ether oxygens (including phenoxy) is 1. The summed E-state index contributed by atoms with van der Waals surface area (Å²) in [5.41, 5.74) is 2.25. The lowest BCUT2D eigenvalue weighted by molar-refractivity contribution is -0.00444. The van der Waals surface area contributed by atoms with Crippen LogP contribution in [0.2, 0.25) is 0 Å². The summed E-state index contributed by atoms with van der Waals surface area (Å²) in [5.74, 6) is 0. The van der Waals surface area contributed by atoms with Crippen molar-refractivity contribution in [2.75, 3.05) is 6.61 Å². The molecule has 4 nitrogen and oxygen atoms in total. The molecule has 1 aliphatic carbocycles. The minimum absolute atomic E-state index is 0.142. The molecule has 2 aliphatic rings. The minimum Gasteiger partial charge on any atom is -0.372 e. The van der Waals surface area contributed by atoms with Crippen molar-refractivity contribution in [2.24, 2.45) is 0 Å². The Labute approximate surface area is 120 Å². The van der Waals surface area contributed by atoms with Crippen molar-refractivity contribution in [1.82, 2.24) is 4.72 Å². The number of hydrogen-bond acceptors (Lipinski definition) is 3. The summed E-state index contributed by atoms with van der Waals surface area (Å²) in [6, 6.07) is 8.00. The van der Waals surface area contributed by atoms with E-state index in [9.17, 15) is 8.42 Å². The fraction of sp³-hybridized carbons (Fsp3) is 0.600. The van der Waals surface area contributed by atoms with Gasteiger partial charge < -0.3 is 4.74 Å². The van der Waals surface area contributed by atoms with E-state index in [1.165, 1.54) is 5.56 Å². The van der Waals surface area contributed by atoms with E-state index in [1.54, 1.807) is 0 Å². The fourth-order valence-corrected chi connectivity index (χ4v) is 4.28. The van der Waals surface area contributed by atoms with Gasteiger partial charge in [0.2, 0.25) is 10.0 Å². The van der Waals surface area contributed by atoms with Gasteiger partial charge >= 0.3 is 0 Å². The summed E-state index contributed by atoms with van der Waals surface area (Å²) in [5, 5.41) is -0.178. The Balaban J connectivity index is 1.78. The molecule has 0 amide bonds. The van der Waals surface area contributed by atoms with E-state index in [2.05, 4.69) is 4.72 Å². The molecule has 2 atom stereocenters. The van der Waals surface area contributed by atoms with Gasteiger partial charge in [-0.1, -0.05) is 29.8 Å². The zero-order valence-corrected chi connectivity index (χ0v) is 12.5. The first kappa shape index (κ1) is 14.0. The van der Waals surface area contributed by atoms with Crippen LogP contribution in [-0.4, -0.2) is 26.3 Å².